The zero-order valence-electron chi connectivity index (χ0n) is 13.4. The van der Waals surface area contributed by atoms with E-state index in [9.17, 15) is 4.79 Å². The van der Waals surface area contributed by atoms with E-state index in [1.54, 1.807) is 31.5 Å². The number of ether oxygens (including phenoxy) is 2. The van der Waals surface area contributed by atoms with Crippen molar-refractivity contribution in [3.63, 3.8) is 0 Å². The van der Waals surface area contributed by atoms with E-state index in [1.807, 2.05) is 24.3 Å². The first-order valence-corrected chi connectivity index (χ1v) is 7.48. The molecule has 0 unspecified atom stereocenters. The fraction of sp³-hybridized carbons (Fsp3) is 0.111. The number of aromatic nitrogens is 1. The smallest absolute Gasteiger partial charge is 0.371 e. The first kappa shape index (κ1) is 16.4. The summed E-state index contributed by atoms with van der Waals surface area (Å²) in [5.41, 5.74) is 0.756. The maximum atomic E-state index is 10.8. The standard InChI is InChI=1S/C18H16N2O5/c1-23-13-3-2-4-14(9-13)25-17-8-5-12(10-20-17)19-11-15-6-7-16(24-15)18(21)22/h2-10,19H,11H2,1H3,(H,21,22). The van der Waals surface area contributed by atoms with Crippen molar-refractivity contribution in [3.8, 4) is 17.4 Å². The molecule has 1 aromatic carbocycles. The number of hydrogen-bond acceptors (Lipinski definition) is 6. The summed E-state index contributed by atoms with van der Waals surface area (Å²) in [5, 5.41) is 11.9. The number of furan rings is 1. The second kappa shape index (κ2) is 7.39. The first-order chi connectivity index (χ1) is 12.1. The largest absolute Gasteiger partial charge is 0.497 e. The summed E-state index contributed by atoms with van der Waals surface area (Å²) in [6.45, 7) is 0.352. The van der Waals surface area contributed by atoms with E-state index >= 15 is 0 Å². The fourth-order valence-electron chi connectivity index (χ4n) is 2.11. The molecule has 2 aromatic heterocycles. The molecule has 0 fully saturated rings. The summed E-state index contributed by atoms with van der Waals surface area (Å²) >= 11 is 0. The van der Waals surface area contributed by atoms with Gasteiger partial charge in [0.1, 0.15) is 17.3 Å². The predicted molar refractivity (Wildman–Crippen MR) is 90.3 cm³/mol. The highest BCUT2D eigenvalue weighted by Gasteiger charge is 2.08. The molecule has 2 N–H and O–H groups in total. The van der Waals surface area contributed by atoms with Gasteiger partial charge in [0.25, 0.3) is 0 Å². The summed E-state index contributed by atoms with van der Waals surface area (Å²) in [7, 11) is 1.59. The molecule has 0 saturated carbocycles. The van der Waals surface area contributed by atoms with E-state index in [4.69, 9.17) is 19.0 Å². The van der Waals surface area contributed by atoms with Crippen molar-refractivity contribution in [2.45, 2.75) is 6.54 Å². The van der Waals surface area contributed by atoms with Gasteiger partial charge in [0.05, 0.1) is 25.5 Å². The normalized spacial score (nSPS) is 10.3. The van der Waals surface area contributed by atoms with Gasteiger partial charge in [0, 0.05) is 12.1 Å². The Morgan fingerprint density at radius 1 is 1.20 bits per heavy atom. The van der Waals surface area contributed by atoms with Crippen molar-refractivity contribution in [1.82, 2.24) is 4.98 Å². The van der Waals surface area contributed by atoms with Crippen LogP contribution in [0.25, 0.3) is 0 Å². The van der Waals surface area contributed by atoms with Crippen molar-refractivity contribution in [1.29, 1.82) is 0 Å². The zero-order valence-corrected chi connectivity index (χ0v) is 13.4. The number of carboxylic acids is 1. The Morgan fingerprint density at radius 2 is 2.04 bits per heavy atom. The number of pyridine rings is 1. The molecule has 3 rings (SSSR count). The number of aromatic carboxylic acids is 1. The summed E-state index contributed by atoms with van der Waals surface area (Å²) in [5.74, 6) is 1.13. The van der Waals surface area contributed by atoms with Crippen molar-refractivity contribution in [3.05, 3.63) is 66.2 Å². The molecule has 0 amide bonds. The van der Waals surface area contributed by atoms with Crippen LogP contribution in [0.3, 0.4) is 0 Å². The molecule has 0 atom stereocenters. The van der Waals surface area contributed by atoms with E-state index in [2.05, 4.69) is 10.3 Å². The molecular weight excluding hydrogens is 324 g/mol. The monoisotopic (exact) mass is 340 g/mol. The quantitative estimate of drug-likeness (QED) is 0.676. The van der Waals surface area contributed by atoms with Crippen LogP contribution in [0.5, 0.6) is 17.4 Å². The maximum absolute atomic E-state index is 10.8. The molecule has 7 nitrogen and oxygen atoms in total. The zero-order chi connectivity index (χ0) is 17.6. The second-order valence-electron chi connectivity index (χ2n) is 5.09. The number of methoxy groups -OCH3 is 1. The lowest BCUT2D eigenvalue weighted by Crippen LogP contribution is -1.99. The van der Waals surface area contributed by atoms with Crippen LogP contribution in [0.2, 0.25) is 0 Å². The van der Waals surface area contributed by atoms with Crippen LogP contribution < -0.4 is 14.8 Å². The number of anilines is 1. The number of nitrogens with zero attached hydrogens (tertiary/aromatic N) is 1. The Morgan fingerprint density at radius 3 is 2.72 bits per heavy atom. The number of benzene rings is 1. The highest BCUT2D eigenvalue weighted by Crippen LogP contribution is 2.24. The average molecular weight is 340 g/mol. The molecule has 0 aliphatic heterocycles. The van der Waals surface area contributed by atoms with E-state index < -0.39 is 5.97 Å². The van der Waals surface area contributed by atoms with E-state index in [0.29, 0.717) is 29.7 Å². The molecular formula is C18H16N2O5. The van der Waals surface area contributed by atoms with Crippen LogP contribution in [-0.4, -0.2) is 23.2 Å². The predicted octanol–water partition coefficient (Wildman–Crippen LogP) is 3.79. The highest BCUT2D eigenvalue weighted by atomic mass is 16.5. The van der Waals surface area contributed by atoms with E-state index in [0.717, 1.165) is 5.69 Å². The highest BCUT2D eigenvalue weighted by molar-refractivity contribution is 5.84. The van der Waals surface area contributed by atoms with Crippen LogP contribution in [0.4, 0.5) is 5.69 Å². The second-order valence-corrected chi connectivity index (χ2v) is 5.09. The first-order valence-electron chi connectivity index (χ1n) is 7.48. The number of carboxylic acid groups (broad SMARTS) is 1. The molecule has 0 aliphatic rings. The molecule has 128 valence electrons. The van der Waals surface area contributed by atoms with E-state index in [1.165, 1.54) is 6.07 Å². The topological polar surface area (TPSA) is 93.8 Å². The third-order valence-electron chi connectivity index (χ3n) is 3.34. The van der Waals surface area contributed by atoms with Gasteiger partial charge in [-0.1, -0.05) is 6.07 Å². The number of carbonyl (C=O) groups is 1. The average Bonchev–Trinajstić information content (AvgIpc) is 3.11. The van der Waals surface area contributed by atoms with E-state index in [-0.39, 0.29) is 5.76 Å². The van der Waals surface area contributed by atoms with Crippen LogP contribution in [0, 0.1) is 0 Å². The lowest BCUT2D eigenvalue weighted by Gasteiger charge is -2.08. The third-order valence-corrected chi connectivity index (χ3v) is 3.34. The number of rotatable bonds is 7. The van der Waals surface area contributed by atoms with Crippen LogP contribution in [0.1, 0.15) is 16.3 Å². The molecule has 7 heteroatoms. The lowest BCUT2D eigenvalue weighted by molar-refractivity contribution is 0.0660. The fourth-order valence-corrected chi connectivity index (χ4v) is 2.11. The minimum absolute atomic E-state index is 0.0861. The molecule has 0 aliphatic carbocycles. The Balaban J connectivity index is 1.58. The maximum Gasteiger partial charge on any atom is 0.371 e. The minimum atomic E-state index is -1.09. The SMILES string of the molecule is COc1cccc(Oc2ccc(NCc3ccc(C(=O)O)o3)cn2)c1. The number of hydrogen-bond donors (Lipinski definition) is 2. The van der Waals surface area contributed by atoms with Gasteiger partial charge in [0.2, 0.25) is 11.6 Å². The Labute approximate surface area is 143 Å². The minimum Gasteiger partial charge on any atom is -0.497 e. The van der Waals surface area contributed by atoms with Gasteiger partial charge in [-0.25, -0.2) is 9.78 Å². The summed E-state index contributed by atoms with van der Waals surface area (Å²) in [6, 6.07) is 13.8. The van der Waals surface area contributed by atoms with Crippen molar-refractivity contribution < 1.29 is 23.8 Å². The Hall–Kier alpha value is -3.48. The lowest BCUT2D eigenvalue weighted by atomic mass is 10.3. The van der Waals surface area contributed by atoms with Crippen LogP contribution in [0.15, 0.2) is 59.1 Å². The van der Waals surface area contributed by atoms with Gasteiger partial charge in [0.15, 0.2) is 0 Å². The Kier molecular flexibility index (Phi) is 4.84. The van der Waals surface area contributed by atoms with Gasteiger partial charge in [-0.05, 0) is 30.3 Å². The van der Waals surface area contributed by atoms with Gasteiger partial charge in [-0.3, -0.25) is 0 Å². The molecule has 0 spiro atoms. The van der Waals surface area contributed by atoms with Gasteiger partial charge in [-0.15, -0.1) is 0 Å². The summed E-state index contributed by atoms with van der Waals surface area (Å²) in [6.07, 6.45) is 1.62. The Bertz CT molecular complexity index is 858. The molecule has 2 heterocycles. The molecule has 3 aromatic rings. The van der Waals surface area contributed by atoms with Gasteiger partial charge < -0.3 is 24.3 Å². The van der Waals surface area contributed by atoms with Crippen molar-refractivity contribution in [2.75, 3.05) is 12.4 Å². The van der Waals surface area contributed by atoms with Crippen LogP contribution >= 0.6 is 0 Å². The molecule has 0 bridgehead atoms. The summed E-state index contributed by atoms with van der Waals surface area (Å²) in [4.78, 5) is 15.0. The van der Waals surface area contributed by atoms with Gasteiger partial charge in [-0.2, -0.15) is 0 Å². The molecule has 0 saturated heterocycles. The number of nitrogens with one attached hydrogen (secondary N) is 1. The van der Waals surface area contributed by atoms with Crippen molar-refractivity contribution >= 4 is 11.7 Å². The van der Waals surface area contributed by atoms with Crippen molar-refractivity contribution in [2.24, 2.45) is 0 Å². The third kappa shape index (κ3) is 4.29. The molecule has 0 radical (unpaired) electrons. The molecule has 25 heavy (non-hydrogen) atoms. The van der Waals surface area contributed by atoms with Gasteiger partial charge >= 0.3 is 5.97 Å². The van der Waals surface area contributed by atoms with Crippen LogP contribution in [-0.2, 0) is 6.54 Å². The summed E-state index contributed by atoms with van der Waals surface area (Å²) < 4.78 is 16.0.